The molecule has 4 heteroatoms. The molecule has 102 valence electrons. The van der Waals surface area contributed by atoms with Gasteiger partial charge in [0.25, 0.3) is 5.91 Å². The fourth-order valence-corrected chi connectivity index (χ4v) is 2.25. The number of hydrogen-bond donors (Lipinski definition) is 0. The van der Waals surface area contributed by atoms with Gasteiger partial charge in [-0.1, -0.05) is 32.4 Å². The molecule has 0 unspecified atom stereocenters. The van der Waals surface area contributed by atoms with Crippen LogP contribution in [0.4, 0.5) is 4.39 Å². The van der Waals surface area contributed by atoms with Gasteiger partial charge in [0.15, 0.2) is 0 Å². The normalized spacial score (nSPS) is 16.2. The molecule has 2 rings (SSSR count). The van der Waals surface area contributed by atoms with E-state index in [2.05, 4.69) is 31.8 Å². The number of rotatable bonds is 1. The number of halogens is 1. The lowest BCUT2D eigenvalue weighted by Crippen LogP contribution is -2.36. The Kier molecular flexibility index (Phi) is 3.69. The van der Waals surface area contributed by atoms with E-state index in [1.807, 2.05) is 0 Å². The summed E-state index contributed by atoms with van der Waals surface area (Å²) >= 11 is 0. The zero-order valence-corrected chi connectivity index (χ0v) is 11.6. The maximum Gasteiger partial charge on any atom is 0.254 e. The Morgan fingerprint density at radius 3 is 2.68 bits per heavy atom. The van der Waals surface area contributed by atoms with E-state index in [-0.39, 0.29) is 11.3 Å². The van der Waals surface area contributed by atoms with Crippen LogP contribution in [0.5, 0.6) is 0 Å². The molecule has 0 N–H and O–H groups in total. The molecule has 0 aliphatic carbocycles. The van der Waals surface area contributed by atoms with Crippen LogP contribution in [0.1, 0.15) is 37.6 Å². The Morgan fingerprint density at radius 2 is 2.16 bits per heavy atom. The molecule has 0 aromatic carbocycles. The lowest BCUT2D eigenvalue weighted by molar-refractivity contribution is 0.0764. The highest BCUT2D eigenvalue weighted by molar-refractivity contribution is 5.94. The van der Waals surface area contributed by atoms with E-state index in [1.165, 1.54) is 17.8 Å². The number of carbonyl (C=O) groups is 1. The lowest BCUT2D eigenvalue weighted by Gasteiger charge is -2.32. The molecule has 1 aromatic rings. The summed E-state index contributed by atoms with van der Waals surface area (Å²) in [7, 11) is 0. The molecule has 0 atom stereocenters. The smallest absolute Gasteiger partial charge is 0.254 e. The first-order valence-corrected chi connectivity index (χ1v) is 6.48. The molecule has 1 amide bonds. The summed E-state index contributed by atoms with van der Waals surface area (Å²) < 4.78 is 13.0. The van der Waals surface area contributed by atoms with E-state index >= 15 is 0 Å². The number of hydrogen-bond acceptors (Lipinski definition) is 2. The van der Waals surface area contributed by atoms with E-state index in [4.69, 9.17) is 0 Å². The highest BCUT2D eigenvalue weighted by Crippen LogP contribution is 2.30. The van der Waals surface area contributed by atoms with Gasteiger partial charge in [0.1, 0.15) is 0 Å². The third-order valence-corrected chi connectivity index (χ3v) is 3.43. The minimum absolute atomic E-state index is 0.134. The molecule has 0 bridgehead atoms. The van der Waals surface area contributed by atoms with E-state index < -0.39 is 5.95 Å². The molecule has 0 spiro atoms. The van der Waals surface area contributed by atoms with Crippen LogP contribution in [0.2, 0.25) is 0 Å². The van der Waals surface area contributed by atoms with Crippen LogP contribution in [-0.4, -0.2) is 28.9 Å². The summed E-state index contributed by atoms with van der Waals surface area (Å²) in [5.74, 6) is -0.751. The molecule has 19 heavy (non-hydrogen) atoms. The minimum atomic E-state index is -0.617. The van der Waals surface area contributed by atoms with Crippen LogP contribution < -0.4 is 0 Å². The topological polar surface area (TPSA) is 33.2 Å². The Morgan fingerprint density at radius 1 is 1.42 bits per heavy atom. The van der Waals surface area contributed by atoms with E-state index in [1.54, 1.807) is 11.0 Å². The summed E-state index contributed by atoms with van der Waals surface area (Å²) in [4.78, 5) is 17.4. The van der Waals surface area contributed by atoms with Crippen LogP contribution >= 0.6 is 0 Å². The van der Waals surface area contributed by atoms with E-state index in [0.717, 1.165) is 6.42 Å². The second-order valence-corrected chi connectivity index (χ2v) is 5.85. The Balaban J connectivity index is 2.10. The molecule has 1 aliphatic heterocycles. The predicted octanol–water partition coefficient (Wildman–Crippen LogP) is 3.04. The monoisotopic (exact) mass is 262 g/mol. The van der Waals surface area contributed by atoms with Crippen molar-refractivity contribution in [3.8, 4) is 0 Å². The second-order valence-electron chi connectivity index (χ2n) is 5.85. The van der Waals surface area contributed by atoms with Crippen molar-refractivity contribution in [1.82, 2.24) is 9.88 Å². The first kappa shape index (κ1) is 13.7. The highest BCUT2D eigenvalue weighted by Gasteiger charge is 2.24. The number of aromatic nitrogens is 1. The molecular formula is C15H19FN2O. The molecule has 0 radical (unpaired) electrons. The third-order valence-electron chi connectivity index (χ3n) is 3.43. The Hall–Kier alpha value is -1.71. The quantitative estimate of drug-likeness (QED) is 0.575. The largest absolute Gasteiger partial charge is 0.335 e. The fourth-order valence-electron chi connectivity index (χ4n) is 2.25. The van der Waals surface area contributed by atoms with Gasteiger partial charge in [0.05, 0.1) is 0 Å². The van der Waals surface area contributed by atoms with Gasteiger partial charge in [-0.15, -0.1) is 0 Å². The molecule has 3 nitrogen and oxygen atoms in total. The molecule has 1 aliphatic rings. The van der Waals surface area contributed by atoms with Crippen LogP contribution in [0.3, 0.4) is 0 Å². The molecular weight excluding hydrogens is 243 g/mol. The number of nitrogens with zero attached hydrogens (tertiary/aromatic N) is 2. The zero-order valence-electron chi connectivity index (χ0n) is 11.6. The van der Waals surface area contributed by atoms with Crippen molar-refractivity contribution < 1.29 is 9.18 Å². The summed E-state index contributed by atoms with van der Waals surface area (Å²) in [5.41, 5.74) is 1.88. The van der Waals surface area contributed by atoms with Gasteiger partial charge in [-0.05, 0) is 17.9 Å². The summed E-state index contributed by atoms with van der Waals surface area (Å²) in [6.07, 6.45) is 4.31. The van der Waals surface area contributed by atoms with Gasteiger partial charge >= 0.3 is 0 Å². The van der Waals surface area contributed by atoms with Crippen LogP contribution in [0.15, 0.2) is 30.0 Å². The molecule has 1 aromatic heterocycles. The van der Waals surface area contributed by atoms with Crippen molar-refractivity contribution in [3.05, 3.63) is 41.5 Å². The molecule has 0 saturated carbocycles. The van der Waals surface area contributed by atoms with Gasteiger partial charge in [-0.25, -0.2) is 4.98 Å². The van der Waals surface area contributed by atoms with Crippen molar-refractivity contribution in [2.75, 3.05) is 13.1 Å². The minimum Gasteiger partial charge on any atom is -0.335 e. The summed E-state index contributed by atoms with van der Waals surface area (Å²) in [5, 5.41) is 0. The van der Waals surface area contributed by atoms with Crippen LogP contribution in [0, 0.1) is 11.4 Å². The molecule has 2 heterocycles. The number of carbonyl (C=O) groups excluding carboxylic acids is 1. The lowest BCUT2D eigenvalue weighted by atomic mass is 9.83. The third kappa shape index (κ3) is 3.19. The van der Waals surface area contributed by atoms with Crippen LogP contribution in [-0.2, 0) is 0 Å². The second kappa shape index (κ2) is 5.11. The standard InChI is InChI=1S/C15H19FN2O/c1-15(2,3)12-5-8-18(9-6-12)14(19)11-4-7-17-13(16)10-11/h4-5,7,10H,6,8-9H2,1-3H3. The first-order chi connectivity index (χ1) is 8.88. The van der Waals surface area contributed by atoms with E-state index in [9.17, 15) is 9.18 Å². The van der Waals surface area contributed by atoms with Gasteiger partial charge in [0.2, 0.25) is 5.95 Å². The predicted molar refractivity (Wildman–Crippen MR) is 72.3 cm³/mol. The molecule has 0 saturated heterocycles. The SMILES string of the molecule is CC(C)(C)C1=CCN(C(=O)c2ccnc(F)c2)CC1. The summed E-state index contributed by atoms with van der Waals surface area (Å²) in [6.45, 7) is 7.80. The average molecular weight is 262 g/mol. The van der Waals surface area contributed by atoms with Crippen molar-refractivity contribution >= 4 is 5.91 Å². The zero-order chi connectivity index (χ0) is 14.0. The Labute approximate surface area is 113 Å². The Bertz CT molecular complexity index is 517. The van der Waals surface area contributed by atoms with Gasteiger partial charge in [-0.3, -0.25) is 4.79 Å². The first-order valence-electron chi connectivity index (χ1n) is 6.48. The van der Waals surface area contributed by atoms with Crippen molar-refractivity contribution in [1.29, 1.82) is 0 Å². The maximum atomic E-state index is 13.0. The van der Waals surface area contributed by atoms with Gasteiger partial charge < -0.3 is 4.90 Å². The van der Waals surface area contributed by atoms with Crippen molar-refractivity contribution in [3.63, 3.8) is 0 Å². The van der Waals surface area contributed by atoms with Crippen molar-refractivity contribution in [2.24, 2.45) is 5.41 Å². The van der Waals surface area contributed by atoms with Crippen molar-refractivity contribution in [2.45, 2.75) is 27.2 Å². The highest BCUT2D eigenvalue weighted by atomic mass is 19.1. The number of amides is 1. The van der Waals surface area contributed by atoms with Gasteiger partial charge in [0, 0.05) is 30.9 Å². The molecule has 0 fully saturated rings. The fraction of sp³-hybridized carbons (Fsp3) is 0.467. The van der Waals surface area contributed by atoms with Crippen LogP contribution in [0.25, 0.3) is 0 Å². The summed E-state index contributed by atoms with van der Waals surface area (Å²) in [6, 6.07) is 2.74. The maximum absolute atomic E-state index is 13.0. The number of pyridine rings is 1. The average Bonchev–Trinajstić information content (AvgIpc) is 2.37. The van der Waals surface area contributed by atoms with E-state index in [0.29, 0.717) is 18.7 Å². The van der Waals surface area contributed by atoms with Gasteiger partial charge in [-0.2, -0.15) is 4.39 Å².